The number of phenolic OH excluding ortho intramolecular Hbond substituents is 1. The van der Waals surface area contributed by atoms with Crippen molar-refractivity contribution in [3.63, 3.8) is 0 Å². The molecule has 3 aliphatic rings. The van der Waals surface area contributed by atoms with Gasteiger partial charge in [0.05, 0.1) is 7.11 Å². The van der Waals surface area contributed by atoms with Crippen LogP contribution in [0.5, 0.6) is 11.5 Å². The summed E-state index contributed by atoms with van der Waals surface area (Å²) < 4.78 is 11.2. The zero-order chi connectivity index (χ0) is 26.3. The number of ketones is 1. The Bertz CT molecular complexity index is 1060. The number of fused-ring (bicyclic) bond motifs is 2. The third kappa shape index (κ3) is 4.64. The summed E-state index contributed by atoms with van der Waals surface area (Å²) in [5.74, 6) is -0.275. The van der Waals surface area contributed by atoms with Crippen LogP contribution in [-0.2, 0) is 19.1 Å². The highest BCUT2D eigenvalue weighted by molar-refractivity contribution is 5.97. The summed E-state index contributed by atoms with van der Waals surface area (Å²) in [4.78, 5) is 40.6. The van der Waals surface area contributed by atoms with Gasteiger partial charge in [-0.15, -0.1) is 0 Å². The minimum Gasteiger partial charge on any atom is -0.504 e. The van der Waals surface area contributed by atoms with Crippen molar-refractivity contribution in [2.45, 2.75) is 78.4 Å². The number of methoxy groups -OCH3 is 1. The average molecular weight is 498 g/mol. The van der Waals surface area contributed by atoms with Gasteiger partial charge in [0.1, 0.15) is 12.1 Å². The fourth-order valence-corrected chi connectivity index (χ4v) is 6.53. The average Bonchev–Trinajstić information content (AvgIpc) is 3.46. The molecule has 4 rings (SSSR count). The molecule has 1 saturated heterocycles. The molecule has 0 radical (unpaired) electrons. The van der Waals surface area contributed by atoms with E-state index in [0.29, 0.717) is 30.2 Å². The fraction of sp³-hybridized carbons (Fsp3) is 0.621. The SMILES string of the molecule is COc1cc(/C=C/C(=O)C[C@@H](C)C(=O)N2CCC[C@H]2C(=O)OC2CC3CCC2(C)C3(C)C)ccc1O. The molecule has 1 heterocycles. The lowest BCUT2D eigenvalue weighted by molar-refractivity contribution is -0.165. The molecule has 1 aliphatic heterocycles. The molecule has 1 amide bonds. The first-order valence-electron chi connectivity index (χ1n) is 13.1. The summed E-state index contributed by atoms with van der Waals surface area (Å²) in [7, 11) is 1.46. The molecular formula is C29H39NO6. The van der Waals surface area contributed by atoms with E-state index in [9.17, 15) is 19.5 Å². The van der Waals surface area contributed by atoms with Crippen LogP contribution in [0.4, 0.5) is 0 Å². The van der Waals surface area contributed by atoms with Crippen molar-refractivity contribution >= 4 is 23.7 Å². The Labute approximate surface area is 213 Å². The summed E-state index contributed by atoms with van der Waals surface area (Å²) >= 11 is 0. The maximum atomic E-state index is 13.2. The number of phenols is 1. The topological polar surface area (TPSA) is 93.1 Å². The fourth-order valence-electron chi connectivity index (χ4n) is 6.53. The van der Waals surface area contributed by atoms with Crippen LogP contribution >= 0.6 is 0 Å². The maximum Gasteiger partial charge on any atom is 0.329 e. The predicted octanol–water partition coefficient (Wildman–Crippen LogP) is 4.76. The van der Waals surface area contributed by atoms with E-state index < -0.39 is 12.0 Å². The summed E-state index contributed by atoms with van der Waals surface area (Å²) in [6, 6.07) is 4.24. The van der Waals surface area contributed by atoms with Gasteiger partial charge >= 0.3 is 5.97 Å². The Kier molecular flexibility index (Phi) is 7.22. The zero-order valence-corrected chi connectivity index (χ0v) is 22.1. The van der Waals surface area contributed by atoms with Gasteiger partial charge < -0.3 is 19.5 Å². The number of aromatic hydroxyl groups is 1. The van der Waals surface area contributed by atoms with Crippen LogP contribution in [0.2, 0.25) is 0 Å². The molecule has 196 valence electrons. The lowest BCUT2D eigenvalue weighted by Gasteiger charge is -2.39. The number of esters is 1. The Morgan fingerprint density at radius 2 is 1.97 bits per heavy atom. The largest absolute Gasteiger partial charge is 0.504 e. The van der Waals surface area contributed by atoms with E-state index in [2.05, 4.69) is 20.8 Å². The van der Waals surface area contributed by atoms with E-state index in [4.69, 9.17) is 9.47 Å². The van der Waals surface area contributed by atoms with Gasteiger partial charge in [0.15, 0.2) is 17.3 Å². The van der Waals surface area contributed by atoms with E-state index in [-0.39, 0.29) is 46.8 Å². The van der Waals surface area contributed by atoms with E-state index in [1.807, 2.05) is 0 Å². The normalized spacial score (nSPS) is 29.5. The van der Waals surface area contributed by atoms with Crippen LogP contribution in [0.3, 0.4) is 0 Å². The van der Waals surface area contributed by atoms with Crippen molar-refractivity contribution in [1.82, 2.24) is 4.90 Å². The number of allylic oxidation sites excluding steroid dienone is 1. The lowest BCUT2D eigenvalue weighted by Crippen LogP contribution is -2.46. The van der Waals surface area contributed by atoms with E-state index in [1.165, 1.54) is 25.7 Å². The Morgan fingerprint density at radius 3 is 2.61 bits per heavy atom. The molecule has 2 aliphatic carbocycles. The number of carbonyl (C=O) groups excluding carboxylic acids is 3. The molecule has 1 N–H and O–H groups in total. The maximum absolute atomic E-state index is 13.2. The highest BCUT2D eigenvalue weighted by atomic mass is 16.5. The van der Waals surface area contributed by atoms with Crippen molar-refractivity contribution in [3.8, 4) is 11.5 Å². The van der Waals surface area contributed by atoms with Crippen molar-refractivity contribution < 1.29 is 29.0 Å². The minimum atomic E-state index is -0.569. The Balaban J connectivity index is 1.34. The standard InChI is InChI=1S/C29H39NO6/c1-18(15-21(31)10-8-19-9-11-23(32)24(16-19)35-5)26(33)30-14-6-7-22(30)27(34)36-25-17-20-12-13-29(25,4)28(20,2)3/h8-11,16,18,20,22,25,32H,6-7,12-15,17H2,1-5H3/b10-8+/t18-,20?,22+,25?,29?/m1/s1. The van der Waals surface area contributed by atoms with Gasteiger partial charge in [-0.25, -0.2) is 4.79 Å². The second kappa shape index (κ2) is 9.91. The number of nitrogens with zero attached hydrogens (tertiary/aromatic N) is 1. The highest BCUT2D eigenvalue weighted by Gasteiger charge is 2.63. The summed E-state index contributed by atoms with van der Waals surface area (Å²) in [5, 5.41) is 9.71. The summed E-state index contributed by atoms with van der Waals surface area (Å²) in [6.07, 6.45) is 7.54. The molecule has 7 nitrogen and oxygen atoms in total. The molecule has 5 atom stereocenters. The number of carbonyl (C=O) groups is 3. The van der Waals surface area contributed by atoms with Crippen LogP contribution in [0.15, 0.2) is 24.3 Å². The molecule has 3 unspecified atom stereocenters. The molecular weight excluding hydrogens is 458 g/mol. The highest BCUT2D eigenvalue weighted by Crippen LogP contribution is 2.66. The van der Waals surface area contributed by atoms with Gasteiger partial charge in [-0.3, -0.25) is 9.59 Å². The number of benzene rings is 1. The van der Waals surface area contributed by atoms with Gasteiger partial charge in [-0.2, -0.15) is 0 Å². The van der Waals surface area contributed by atoms with Gasteiger partial charge in [0.2, 0.25) is 5.91 Å². The minimum absolute atomic E-state index is 0.0195. The summed E-state index contributed by atoms with van der Waals surface area (Å²) in [6.45, 7) is 9.06. The number of hydrogen-bond donors (Lipinski definition) is 1. The van der Waals surface area contributed by atoms with Crippen LogP contribution in [0.1, 0.15) is 71.8 Å². The number of hydrogen-bond acceptors (Lipinski definition) is 6. The monoisotopic (exact) mass is 497 g/mol. The molecule has 7 heteroatoms. The second-order valence-corrected chi connectivity index (χ2v) is 11.6. The second-order valence-electron chi connectivity index (χ2n) is 11.6. The van der Waals surface area contributed by atoms with Gasteiger partial charge in [0.25, 0.3) is 0 Å². The van der Waals surface area contributed by atoms with E-state index in [1.54, 1.807) is 30.0 Å². The third-order valence-electron chi connectivity index (χ3n) is 9.37. The van der Waals surface area contributed by atoms with Crippen LogP contribution in [0.25, 0.3) is 6.08 Å². The van der Waals surface area contributed by atoms with Crippen molar-refractivity contribution in [2.24, 2.45) is 22.7 Å². The predicted molar refractivity (Wildman–Crippen MR) is 136 cm³/mol. The summed E-state index contributed by atoms with van der Waals surface area (Å²) in [5.41, 5.74) is 0.835. The molecule has 2 bridgehead atoms. The molecule has 3 fully saturated rings. The zero-order valence-electron chi connectivity index (χ0n) is 22.1. The molecule has 0 aromatic heterocycles. The van der Waals surface area contributed by atoms with Gasteiger partial charge in [0, 0.05) is 24.3 Å². The van der Waals surface area contributed by atoms with E-state index >= 15 is 0 Å². The molecule has 1 aromatic rings. The van der Waals surface area contributed by atoms with E-state index in [0.717, 1.165) is 19.3 Å². The molecule has 1 aromatic carbocycles. The van der Waals surface area contributed by atoms with Crippen LogP contribution in [-0.4, -0.2) is 53.5 Å². The number of likely N-dealkylation sites (tertiary alicyclic amines) is 1. The van der Waals surface area contributed by atoms with Crippen molar-refractivity contribution in [3.05, 3.63) is 29.8 Å². The molecule has 0 spiro atoms. The number of rotatable bonds is 8. The van der Waals surface area contributed by atoms with Crippen molar-refractivity contribution in [2.75, 3.05) is 13.7 Å². The Hall–Kier alpha value is -2.83. The smallest absolute Gasteiger partial charge is 0.329 e. The molecule has 36 heavy (non-hydrogen) atoms. The number of amides is 1. The van der Waals surface area contributed by atoms with Gasteiger partial charge in [-0.05, 0) is 67.2 Å². The van der Waals surface area contributed by atoms with Crippen LogP contribution in [0, 0.1) is 22.7 Å². The third-order valence-corrected chi connectivity index (χ3v) is 9.37. The first-order valence-corrected chi connectivity index (χ1v) is 13.1. The quantitative estimate of drug-likeness (QED) is 0.411. The van der Waals surface area contributed by atoms with Crippen LogP contribution < -0.4 is 4.74 Å². The van der Waals surface area contributed by atoms with Crippen molar-refractivity contribution in [1.29, 1.82) is 0 Å². The first kappa shape index (κ1) is 26.2. The molecule has 2 saturated carbocycles. The number of ether oxygens (including phenoxy) is 2. The Morgan fingerprint density at radius 1 is 1.22 bits per heavy atom. The first-order chi connectivity index (χ1) is 17.0. The lowest BCUT2D eigenvalue weighted by atomic mass is 9.70. The van der Waals surface area contributed by atoms with Gasteiger partial charge in [-0.1, -0.05) is 39.8 Å².